The largest absolute Gasteiger partial charge is 0.484 e. The SMILES string of the molecule is Cc1oc(COc2ccc(F)cc2Cl)cc1CNC(C)C. The summed E-state index contributed by atoms with van der Waals surface area (Å²) in [6, 6.07) is 6.42. The highest BCUT2D eigenvalue weighted by Crippen LogP contribution is 2.26. The molecule has 1 heterocycles. The zero-order valence-electron chi connectivity index (χ0n) is 12.4. The van der Waals surface area contributed by atoms with Gasteiger partial charge in [0.25, 0.3) is 0 Å². The molecule has 0 saturated carbocycles. The van der Waals surface area contributed by atoms with Crippen LogP contribution in [-0.4, -0.2) is 6.04 Å². The summed E-state index contributed by atoms with van der Waals surface area (Å²) in [7, 11) is 0. The van der Waals surface area contributed by atoms with Crippen LogP contribution in [0.25, 0.3) is 0 Å². The molecule has 0 aliphatic rings. The maximum absolute atomic E-state index is 13.0. The van der Waals surface area contributed by atoms with Crippen LogP contribution >= 0.6 is 11.6 Å². The van der Waals surface area contributed by atoms with Crippen molar-refractivity contribution >= 4 is 11.6 Å². The summed E-state index contributed by atoms with van der Waals surface area (Å²) in [5.41, 5.74) is 1.10. The Kier molecular flexibility index (Phi) is 5.26. The molecule has 0 aliphatic heterocycles. The fourth-order valence-electron chi connectivity index (χ4n) is 1.89. The van der Waals surface area contributed by atoms with Gasteiger partial charge >= 0.3 is 0 Å². The lowest BCUT2D eigenvalue weighted by atomic mass is 10.2. The summed E-state index contributed by atoms with van der Waals surface area (Å²) in [6.07, 6.45) is 0. The molecule has 0 spiro atoms. The van der Waals surface area contributed by atoms with Crippen LogP contribution in [0.15, 0.2) is 28.7 Å². The second kappa shape index (κ2) is 6.96. The van der Waals surface area contributed by atoms with Crippen LogP contribution in [0.2, 0.25) is 5.02 Å². The number of nitrogens with one attached hydrogen (secondary N) is 1. The standard InChI is InChI=1S/C16H19ClFNO2/c1-10(2)19-8-12-6-14(21-11(12)3)9-20-16-5-4-13(18)7-15(16)17/h4-7,10,19H,8-9H2,1-3H3. The number of hydrogen-bond acceptors (Lipinski definition) is 3. The number of aryl methyl sites for hydroxylation is 1. The van der Waals surface area contributed by atoms with Crippen LogP contribution in [0.4, 0.5) is 4.39 Å². The van der Waals surface area contributed by atoms with Gasteiger partial charge in [0.1, 0.15) is 29.7 Å². The summed E-state index contributed by atoms with van der Waals surface area (Å²) in [4.78, 5) is 0. The van der Waals surface area contributed by atoms with Crippen LogP contribution in [-0.2, 0) is 13.2 Å². The molecule has 0 saturated heterocycles. The van der Waals surface area contributed by atoms with Crippen molar-refractivity contribution in [1.29, 1.82) is 0 Å². The molecule has 5 heteroatoms. The van der Waals surface area contributed by atoms with E-state index in [9.17, 15) is 4.39 Å². The quantitative estimate of drug-likeness (QED) is 0.855. The van der Waals surface area contributed by atoms with E-state index < -0.39 is 0 Å². The highest BCUT2D eigenvalue weighted by Gasteiger charge is 2.10. The minimum atomic E-state index is -0.386. The van der Waals surface area contributed by atoms with Crippen LogP contribution in [0.5, 0.6) is 5.75 Å². The van der Waals surface area contributed by atoms with E-state index in [2.05, 4.69) is 19.2 Å². The molecular weight excluding hydrogens is 293 g/mol. The zero-order chi connectivity index (χ0) is 15.4. The van der Waals surface area contributed by atoms with Gasteiger partial charge in [-0.3, -0.25) is 0 Å². The Hall–Kier alpha value is -1.52. The topological polar surface area (TPSA) is 34.4 Å². The Morgan fingerprint density at radius 1 is 1.33 bits per heavy atom. The third-order valence-corrected chi connectivity index (χ3v) is 3.33. The van der Waals surface area contributed by atoms with Crippen LogP contribution < -0.4 is 10.1 Å². The lowest BCUT2D eigenvalue weighted by Gasteiger charge is -2.06. The van der Waals surface area contributed by atoms with Crippen molar-refractivity contribution in [2.75, 3.05) is 0 Å². The van der Waals surface area contributed by atoms with Crippen molar-refractivity contribution < 1.29 is 13.5 Å². The summed E-state index contributed by atoms with van der Waals surface area (Å²) >= 11 is 5.91. The molecule has 21 heavy (non-hydrogen) atoms. The first-order chi connectivity index (χ1) is 9.95. The fraction of sp³-hybridized carbons (Fsp3) is 0.375. The Balaban J connectivity index is 1.98. The number of halogens is 2. The maximum Gasteiger partial charge on any atom is 0.146 e. The first-order valence-electron chi connectivity index (χ1n) is 6.85. The van der Waals surface area contributed by atoms with Gasteiger partial charge in [-0.15, -0.1) is 0 Å². The van der Waals surface area contributed by atoms with Crippen molar-refractivity contribution in [3.8, 4) is 5.75 Å². The summed E-state index contributed by atoms with van der Waals surface area (Å²) in [5, 5.41) is 3.59. The summed E-state index contributed by atoms with van der Waals surface area (Å²) < 4.78 is 24.2. The molecule has 0 unspecified atom stereocenters. The second-order valence-corrected chi connectivity index (χ2v) is 5.60. The molecule has 1 aromatic carbocycles. The minimum absolute atomic E-state index is 0.250. The van der Waals surface area contributed by atoms with Gasteiger partial charge in [0.05, 0.1) is 5.02 Å². The van der Waals surface area contributed by atoms with Gasteiger partial charge in [-0.2, -0.15) is 0 Å². The van der Waals surface area contributed by atoms with Crippen molar-refractivity contribution in [2.45, 2.75) is 40.0 Å². The zero-order valence-corrected chi connectivity index (χ0v) is 13.1. The molecule has 2 rings (SSSR count). The molecule has 0 bridgehead atoms. The lowest BCUT2D eigenvalue weighted by molar-refractivity contribution is 0.267. The van der Waals surface area contributed by atoms with E-state index in [1.165, 1.54) is 18.2 Å². The molecule has 2 aromatic rings. The van der Waals surface area contributed by atoms with Crippen molar-refractivity contribution in [1.82, 2.24) is 5.32 Å². The fourth-order valence-corrected chi connectivity index (χ4v) is 2.11. The number of hydrogen-bond donors (Lipinski definition) is 1. The van der Waals surface area contributed by atoms with Crippen molar-refractivity contribution in [3.05, 3.63) is 52.2 Å². The molecule has 1 N–H and O–H groups in total. The molecule has 0 atom stereocenters. The molecule has 114 valence electrons. The van der Waals surface area contributed by atoms with E-state index >= 15 is 0 Å². The Bertz CT molecular complexity index is 610. The van der Waals surface area contributed by atoms with E-state index in [0.717, 1.165) is 17.9 Å². The maximum atomic E-state index is 13.0. The van der Waals surface area contributed by atoms with Gasteiger partial charge in [-0.25, -0.2) is 4.39 Å². The van der Waals surface area contributed by atoms with E-state index in [0.29, 0.717) is 17.6 Å². The van der Waals surface area contributed by atoms with Gasteiger partial charge in [0.2, 0.25) is 0 Å². The highest BCUT2D eigenvalue weighted by molar-refractivity contribution is 6.32. The van der Waals surface area contributed by atoms with E-state index in [1.807, 2.05) is 13.0 Å². The molecular formula is C16H19ClFNO2. The predicted octanol–water partition coefficient (Wildman–Crippen LogP) is 4.46. The molecule has 0 fully saturated rings. The van der Waals surface area contributed by atoms with Gasteiger partial charge in [0, 0.05) is 18.2 Å². The molecule has 1 aromatic heterocycles. The van der Waals surface area contributed by atoms with Gasteiger partial charge in [-0.1, -0.05) is 25.4 Å². The van der Waals surface area contributed by atoms with Crippen LogP contribution in [0, 0.1) is 12.7 Å². The molecule has 0 radical (unpaired) electrons. The lowest BCUT2D eigenvalue weighted by Crippen LogP contribution is -2.21. The van der Waals surface area contributed by atoms with E-state index in [4.69, 9.17) is 20.8 Å². The van der Waals surface area contributed by atoms with Crippen molar-refractivity contribution in [3.63, 3.8) is 0 Å². The minimum Gasteiger partial charge on any atom is -0.484 e. The van der Waals surface area contributed by atoms with Crippen LogP contribution in [0.3, 0.4) is 0 Å². The summed E-state index contributed by atoms with van der Waals surface area (Å²) in [6.45, 7) is 7.12. The Morgan fingerprint density at radius 3 is 2.76 bits per heavy atom. The molecule has 0 amide bonds. The third-order valence-electron chi connectivity index (χ3n) is 3.04. The second-order valence-electron chi connectivity index (χ2n) is 5.19. The van der Waals surface area contributed by atoms with Gasteiger partial charge in [-0.05, 0) is 31.2 Å². The normalized spacial score (nSPS) is 11.1. The predicted molar refractivity (Wildman–Crippen MR) is 81.2 cm³/mol. The first-order valence-corrected chi connectivity index (χ1v) is 7.23. The molecule has 0 aliphatic carbocycles. The average Bonchev–Trinajstić information content (AvgIpc) is 2.76. The number of furan rings is 1. The molecule has 3 nitrogen and oxygen atoms in total. The van der Waals surface area contributed by atoms with Gasteiger partial charge < -0.3 is 14.5 Å². The van der Waals surface area contributed by atoms with Gasteiger partial charge in [0.15, 0.2) is 0 Å². The van der Waals surface area contributed by atoms with Crippen molar-refractivity contribution in [2.24, 2.45) is 0 Å². The third kappa shape index (κ3) is 4.48. The van der Waals surface area contributed by atoms with E-state index in [1.54, 1.807) is 0 Å². The number of rotatable bonds is 6. The van der Waals surface area contributed by atoms with Crippen LogP contribution in [0.1, 0.15) is 30.9 Å². The number of ether oxygens (including phenoxy) is 1. The number of benzene rings is 1. The van der Waals surface area contributed by atoms with E-state index in [-0.39, 0.29) is 17.4 Å². The Morgan fingerprint density at radius 2 is 2.10 bits per heavy atom. The average molecular weight is 312 g/mol. The highest BCUT2D eigenvalue weighted by atomic mass is 35.5. The smallest absolute Gasteiger partial charge is 0.146 e. The monoisotopic (exact) mass is 311 g/mol. The summed E-state index contributed by atoms with van der Waals surface area (Å²) in [5.74, 6) is 1.64. The first kappa shape index (κ1) is 15.9. The Labute approximate surface area is 129 Å².